The maximum atomic E-state index is 13.9. The third-order valence-electron chi connectivity index (χ3n) is 6.75. The van der Waals surface area contributed by atoms with Crippen LogP contribution in [-0.4, -0.2) is 34.4 Å². The molecule has 2 N–H and O–H groups in total. The largest absolute Gasteiger partial charge is 0.493 e. The fourth-order valence-corrected chi connectivity index (χ4v) is 5.76. The van der Waals surface area contributed by atoms with Crippen molar-refractivity contribution in [2.45, 2.75) is 44.1 Å². The zero-order chi connectivity index (χ0) is 28.9. The van der Waals surface area contributed by atoms with Crippen LogP contribution in [0.2, 0.25) is 5.02 Å². The number of fused-ring (bicyclic) bond motifs is 1. The van der Waals surface area contributed by atoms with E-state index in [1.54, 1.807) is 11.8 Å². The molecular weight excluding hydrogens is 558 g/mol. The first-order chi connectivity index (χ1) is 19.9. The molecule has 1 aliphatic heterocycles. The molecule has 0 saturated heterocycles. The first-order valence-corrected chi connectivity index (χ1v) is 14.7. The van der Waals surface area contributed by atoms with Crippen LogP contribution in [0.1, 0.15) is 43.0 Å². The number of halogens is 1. The van der Waals surface area contributed by atoms with Gasteiger partial charge in [0.2, 0.25) is 11.1 Å². The monoisotopic (exact) mass is 589 g/mol. The van der Waals surface area contributed by atoms with Crippen molar-refractivity contribution in [1.82, 2.24) is 14.8 Å². The second kappa shape index (κ2) is 12.7. The average molecular weight is 590 g/mol. The number of carbonyl (C=O) groups is 1. The van der Waals surface area contributed by atoms with Crippen LogP contribution in [-0.2, 0) is 10.5 Å². The van der Waals surface area contributed by atoms with Crippen molar-refractivity contribution in [2.24, 2.45) is 0 Å². The minimum Gasteiger partial charge on any atom is -0.493 e. The zero-order valence-electron chi connectivity index (χ0n) is 23.4. The highest BCUT2D eigenvalue weighted by atomic mass is 35.5. The lowest BCUT2D eigenvalue weighted by Crippen LogP contribution is -2.31. The van der Waals surface area contributed by atoms with Gasteiger partial charge in [-0.25, -0.2) is 4.68 Å². The molecule has 3 aromatic carbocycles. The number of anilines is 2. The van der Waals surface area contributed by atoms with E-state index < -0.39 is 6.04 Å². The van der Waals surface area contributed by atoms with Crippen LogP contribution in [0.4, 0.5) is 11.6 Å². The number of allylic oxidation sites excluding steroid dienone is 1. The smallest absolute Gasteiger partial charge is 0.255 e. The van der Waals surface area contributed by atoms with Crippen molar-refractivity contribution < 1.29 is 14.3 Å². The van der Waals surface area contributed by atoms with Crippen LogP contribution in [0.3, 0.4) is 0 Å². The van der Waals surface area contributed by atoms with E-state index in [1.165, 1.54) is 11.8 Å². The fourth-order valence-electron chi connectivity index (χ4n) is 4.64. The lowest BCUT2D eigenvalue weighted by atomic mass is 9.94. The average Bonchev–Trinajstić information content (AvgIpc) is 3.38. The Kier molecular flexibility index (Phi) is 8.85. The molecule has 1 aliphatic rings. The molecule has 8 nitrogen and oxygen atoms in total. The molecule has 0 fully saturated rings. The van der Waals surface area contributed by atoms with E-state index >= 15 is 0 Å². The second-order valence-corrected chi connectivity index (χ2v) is 11.0. The van der Waals surface area contributed by atoms with Gasteiger partial charge in [0, 0.05) is 22.2 Å². The van der Waals surface area contributed by atoms with Crippen LogP contribution in [0, 0.1) is 6.92 Å². The molecule has 0 saturated carbocycles. The topological polar surface area (TPSA) is 90.3 Å². The van der Waals surface area contributed by atoms with E-state index in [4.69, 9.17) is 31.2 Å². The van der Waals surface area contributed by atoms with E-state index in [1.807, 2.05) is 80.6 Å². The van der Waals surface area contributed by atoms with Crippen molar-refractivity contribution in [3.63, 3.8) is 0 Å². The normalized spacial score (nSPS) is 14.3. The highest BCUT2D eigenvalue weighted by molar-refractivity contribution is 7.98. The third kappa shape index (κ3) is 6.21. The molecule has 0 bridgehead atoms. The molecule has 1 unspecified atom stereocenters. The standard InChI is InChI=1S/C31H32ClN5O3S/c1-5-16-40-25-15-14-21(17-26(25)39-4)28-27(29(38)34-24-13-9-6-10-19(24)2)20(3)33-30-35-31(36-37(28)30)41-18-22-11-7-8-12-23(22)32/h6-15,17,28H,5,16,18H2,1-4H3,(H,34,38)(H,33,35,36). The number of hydrogen-bond acceptors (Lipinski definition) is 7. The van der Waals surface area contributed by atoms with E-state index in [2.05, 4.69) is 17.6 Å². The zero-order valence-corrected chi connectivity index (χ0v) is 25.0. The van der Waals surface area contributed by atoms with Crippen LogP contribution >= 0.6 is 23.4 Å². The number of carbonyl (C=O) groups excluding carboxylic acids is 1. The Bertz CT molecular complexity index is 1600. The van der Waals surface area contributed by atoms with Gasteiger partial charge in [-0.15, -0.1) is 5.10 Å². The van der Waals surface area contributed by atoms with Gasteiger partial charge in [0.1, 0.15) is 6.04 Å². The van der Waals surface area contributed by atoms with Gasteiger partial charge in [-0.05, 0) is 61.2 Å². The Morgan fingerprint density at radius 3 is 2.63 bits per heavy atom. The molecule has 1 atom stereocenters. The Hall–Kier alpha value is -3.95. The maximum absolute atomic E-state index is 13.9. The number of aromatic nitrogens is 3. The van der Waals surface area contributed by atoms with E-state index in [0.717, 1.165) is 28.8 Å². The molecule has 41 heavy (non-hydrogen) atoms. The van der Waals surface area contributed by atoms with E-state index in [9.17, 15) is 4.79 Å². The predicted octanol–water partition coefficient (Wildman–Crippen LogP) is 7.26. The fraction of sp³-hybridized carbons (Fsp3) is 0.258. The molecular formula is C31H32ClN5O3S. The van der Waals surface area contributed by atoms with Crippen molar-refractivity contribution >= 4 is 40.9 Å². The van der Waals surface area contributed by atoms with Crippen molar-refractivity contribution in [3.8, 4) is 11.5 Å². The molecule has 5 rings (SSSR count). The van der Waals surface area contributed by atoms with Gasteiger partial charge in [-0.2, -0.15) is 4.98 Å². The molecule has 1 aromatic heterocycles. The van der Waals surface area contributed by atoms with Gasteiger partial charge in [-0.3, -0.25) is 4.79 Å². The van der Waals surface area contributed by atoms with Gasteiger partial charge < -0.3 is 20.1 Å². The molecule has 0 spiro atoms. The van der Waals surface area contributed by atoms with Gasteiger partial charge in [0.05, 0.1) is 19.3 Å². The second-order valence-electron chi connectivity index (χ2n) is 9.64. The number of ether oxygens (including phenoxy) is 2. The van der Waals surface area contributed by atoms with Gasteiger partial charge >= 0.3 is 0 Å². The number of aryl methyl sites for hydroxylation is 1. The van der Waals surface area contributed by atoms with Gasteiger partial charge in [0.15, 0.2) is 11.5 Å². The summed E-state index contributed by atoms with van der Waals surface area (Å²) < 4.78 is 13.3. The van der Waals surface area contributed by atoms with Crippen LogP contribution in [0.15, 0.2) is 83.2 Å². The first-order valence-electron chi connectivity index (χ1n) is 13.4. The van der Waals surface area contributed by atoms with Gasteiger partial charge in [0.25, 0.3) is 5.91 Å². The minimum absolute atomic E-state index is 0.231. The van der Waals surface area contributed by atoms with Crippen molar-refractivity contribution in [1.29, 1.82) is 0 Å². The molecule has 1 amide bonds. The number of rotatable bonds is 10. The first kappa shape index (κ1) is 28.6. The highest BCUT2D eigenvalue weighted by Crippen LogP contribution is 2.40. The number of methoxy groups -OCH3 is 1. The molecule has 2 heterocycles. The molecule has 212 valence electrons. The molecule has 0 radical (unpaired) electrons. The SMILES string of the molecule is CCCOc1ccc(C2C(C(=O)Nc3ccccc3C)=C(C)Nc3nc(SCc4ccccc4Cl)nn32)cc1OC. The summed E-state index contributed by atoms with van der Waals surface area (Å²) in [4.78, 5) is 18.6. The summed E-state index contributed by atoms with van der Waals surface area (Å²) in [7, 11) is 1.61. The number of nitrogens with one attached hydrogen (secondary N) is 2. The summed E-state index contributed by atoms with van der Waals surface area (Å²) in [6.07, 6.45) is 0.876. The molecule has 10 heteroatoms. The Labute approximate surface area is 249 Å². The Morgan fingerprint density at radius 1 is 1.10 bits per heavy atom. The van der Waals surface area contributed by atoms with Crippen LogP contribution in [0.5, 0.6) is 11.5 Å². The Balaban J connectivity index is 1.54. The number of hydrogen-bond donors (Lipinski definition) is 2. The predicted molar refractivity (Wildman–Crippen MR) is 164 cm³/mol. The van der Waals surface area contributed by atoms with E-state index in [0.29, 0.717) is 51.3 Å². The highest BCUT2D eigenvalue weighted by Gasteiger charge is 2.35. The summed E-state index contributed by atoms with van der Waals surface area (Å²) in [5.41, 5.74) is 4.74. The van der Waals surface area contributed by atoms with Crippen LogP contribution in [0.25, 0.3) is 0 Å². The number of amides is 1. The van der Waals surface area contributed by atoms with Crippen molar-refractivity contribution in [3.05, 3.63) is 99.7 Å². The van der Waals surface area contributed by atoms with Gasteiger partial charge in [-0.1, -0.05) is 72.8 Å². The lowest BCUT2D eigenvalue weighted by molar-refractivity contribution is -0.113. The molecule has 4 aromatic rings. The number of benzene rings is 3. The number of thioether (sulfide) groups is 1. The number of para-hydroxylation sites is 1. The third-order valence-corrected chi connectivity index (χ3v) is 8.01. The quantitative estimate of drug-likeness (QED) is 0.188. The summed E-state index contributed by atoms with van der Waals surface area (Å²) in [6, 6.07) is 20.6. The Morgan fingerprint density at radius 2 is 1.88 bits per heavy atom. The summed E-state index contributed by atoms with van der Waals surface area (Å²) in [5.74, 6) is 2.16. The minimum atomic E-state index is -0.563. The van der Waals surface area contributed by atoms with Crippen molar-refractivity contribution in [2.75, 3.05) is 24.4 Å². The van der Waals surface area contributed by atoms with E-state index in [-0.39, 0.29) is 5.91 Å². The molecule has 0 aliphatic carbocycles. The maximum Gasteiger partial charge on any atom is 0.255 e. The summed E-state index contributed by atoms with van der Waals surface area (Å²) in [5, 5.41) is 12.5. The lowest BCUT2D eigenvalue weighted by Gasteiger charge is -2.29. The number of nitrogens with zero attached hydrogens (tertiary/aromatic N) is 3. The summed E-state index contributed by atoms with van der Waals surface area (Å²) >= 11 is 7.86. The summed E-state index contributed by atoms with van der Waals surface area (Å²) in [6.45, 7) is 6.47. The van der Waals surface area contributed by atoms with Crippen LogP contribution < -0.4 is 20.1 Å².